The zero-order chi connectivity index (χ0) is 6.78. The number of alkyl halides is 2. The van der Waals surface area contributed by atoms with Crippen molar-refractivity contribution < 1.29 is 13.9 Å². The van der Waals surface area contributed by atoms with Gasteiger partial charge in [-0.15, -0.1) is 12.4 Å². The fourth-order valence-corrected chi connectivity index (χ4v) is 0.144. The lowest BCUT2D eigenvalue weighted by Crippen LogP contribution is -2.41. The number of hydrogen-bond donors (Lipinski definition) is 2. The molecule has 0 aliphatic carbocycles. The molecular weight excluding hydrogens is 151 g/mol. The fraction of sp³-hybridized carbons (Fsp3) is 1.00. The van der Waals surface area contributed by atoms with Crippen molar-refractivity contribution in [2.75, 3.05) is 6.61 Å². The lowest BCUT2D eigenvalue weighted by molar-refractivity contribution is -0.0655. The number of hydrogen-bond acceptors (Lipinski definition) is 2. The number of halogens is 3. The molecule has 0 aliphatic rings. The van der Waals surface area contributed by atoms with Crippen molar-refractivity contribution in [3.05, 3.63) is 0 Å². The summed E-state index contributed by atoms with van der Waals surface area (Å²) in [6.45, 7) is -0.0269. The Morgan fingerprint density at radius 2 is 2.00 bits per heavy atom. The summed E-state index contributed by atoms with van der Waals surface area (Å²) in [5.41, 5.74) is 4.77. The summed E-state index contributed by atoms with van der Waals surface area (Å²) in [6, 6.07) is -1.27. The molecule has 0 aliphatic heterocycles. The van der Waals surface area contributed by atoms with Crippen molar-refractivity contribution in [2.24, 2.45) is 5.73 Å². The molecule has 0 aromatic carbocycles. The van der Waals surface area contributed by atoms with Crippen LogP contribution in [-0.4, -0.2) is 23.7 Å². The smallest absolute Gasteiger partial charge is 0.285 e. The molecule has 0 aromatic rings. The molecule has 0 radical (unpaired) electrons. The third-order valence-corrected chi connectivity index (χ3v) is 0.877. The van der Waals surface area contributed by atoms with Gasteiger partial charge in [0, 0.05) is 0 Å². The molecule has 0 saturated heterocycles. The summed E-state index contributed by atoms with van der Waals surface area (Å²) >= 11 is 0. The van der Waals surface area contributed by atoms with E-state index in [2.05, 4.69) is 0 Å². The largest absolute Gasteiger partial charge is 0.390 e. The van der Waals surface area contributed by atoms with Crippen molar-refractivity contribution in [3.8, 4) is 0 Å². The Morgan fingerprint density at radius 3 is 2.00 bits per heavy atom. The molecule has 2 nitrogen and oxygen atoms in total. The van der Waals surface area contributed by atoms with E-state index in [1.807, 2.05) is 0 Å². The van der Waals surface area contributed by atoms with Crippen LogP contribution in [-0.2, 0) is 0 Å². The standard InChI is InChI=1S/C4H9F2NO.ClH/c1-3(7)4(5,6)2-8;/h3,8H,2,7H2,1H3;1H/t3-;/m0./s1. The van der Waals surface area contributed by atoms with Crippen molar-refractivity contribution in [3.63, 3.8) is 0 Å². The Hall–Kier alpha value is 0.0700. The molecule has 0 saturated carbocycles. The molecule has 0 heterocycles. The minimum Gasteiger partial charge on any atom is -0.390 e. The number of nitrogens with two attached hydrogens (primary N) is 1. The summed E-state index contributed by atoms with van der Waals surface area (Å²) in [4.78, 5) is 0. The Kier molecular flexibility index (Phi) is 5.22. The van der Waals surface area contributed by atoms with E-state index >= 15 is 0 Å². The highest BCUT2D eigenvalue weighted by molar-refractivity contribution is 5.85. The molecule has 58 valence electrons. The maximum Gasteiger partial charge on any atom is 0.285 e. The van der Waals surface area contributed by atoms with E-state index in [9.17, 15) is 8.78 Å². The van der Waals surface area contributed by atoms with Gasteiger partial charge in [-0.3, -0.25) is 0 Å². The molecule has 9 heavy (non-hydrogen) atoms. The van der Waals surface area contributed by atoms with E-state index < -0.39 is 18.6 Å². The highest BCUT2D eigenvalue weighted by Crippen LogP contribution is 2.14. The van der Waals surface area contributed by atoms with E-state index in [1.165, 1.54) is 0 Å². The monoisotopic (exact) mass is 161 g/mol. The van der Waals surface area contributed by atoms with E-state index in [4.69, 9.17) is 10.8 Å². The predicted octanol–water partition coefficient (Wildman–Crippen LogP) is 0.383. The molecule has 0 aromatic heterocycles. The Balaban J connectivity index is 0. The summed E-state index contributed by atoms with van der Waals surface area (Å²) in [5.74, 6) is -3.12. The SMILES string of the molecule is C[C@H](N)C(F)(F)CO.Cl. The summed E-state index contributed by atoms with van der Waals surface area (Å²) in [7, 11) is 0. The third kappa shape index (κ3) is 3.61. The van der Waals surface area contributed by atoms with Gasteiger partial charge >= 0.3 is 0 Å². The molecule has 0 spiro atoms. The molecule has 5 heteroatoms. The normalized spacial score (nSPS) is 14.3. The van der Waals surface area contributed by atoms with Crippen LogP contribution in [0.2, 0.25) is 0 Å². The van der Waals surface area contributed by atoms with E-state index in [0.717, 1.165) is 6.92 Å². The van der Waals surface area contributed by atoms with Crippen LogP contribution in [0.5, 0.6) is 0 Å². The fourth-order valence-electron chi connectivity index (χ4n) is 0.144. The number of rotatable bonds is 2. The van der Waals surface area contributed by atoms with Gasteiger partial charge in [-0.25, -0.2) is 8.78 Å². The third-order valence-electron chi connectivity index (χ3n) is 0.877. The average Bonchev–Trinajstić information content (AvgIpc) is 1.67. The van der Waals surface area contributed by atoms with Crippen molar-refractivity contribution >= 4 is 12.4 Å². The highest BCUT2D eigenvalue weighted by Gasteiger charge is 2.32. The van der Waals surface area contributed by atoms with Gasteiger partial charge in [-0.2, -0.15) is 0 Å². The van der Waals surface area contributed by atoms with Crippen LogP contribution in [0.25, 0.3) is 0 Å². The Bertz CT molecular complexity index is 79.0. The van der Waals surface area contributed by atoms with Gasteiger partial charge in [0.1, 0.15) is 6.61 Å². The second-order valence-corrected chi connectivity index (χ2v) is 1.71. The van der Waals surface area contributed by atoms with Gasteiger partial charge in [-0.05, 0) is 6.92 Å². The maximum atomic E-state index is 11.9. The summed E-state index contributed by atoms with van der Waals surface area (Å²) in [6.07, 6.45) is 0. The number of aliphatic hydroxyl groups excluding tert-OH is 1. The first-order chi connectivity index (χ1) is 3.50. The maximum absolute atomic E-state index is 11.9. The van der Waals surface area contributed by atoms with E-state index in [1.54, 1.807) is 0 Å². The van der Waals surface area contributed by atoms with E-state index in [0.29, 0.717) is 0 Å². The van der Waals surface area contributed by atoms with Crippen LogP contribution in [0, 0.1) is 0 Å². The van der Waals surface area contributed by atoms with Gasteiger partial charge in [0.05, 0.1) is 6.04 Å². The van der Waals surface area contributed by atoms with Gasteiger partial charge in [0.2, 0.25) is 0 Å². The summed E-state index contributed by atoms with van der Waals surface area (Å²) in [5, 5.41) is 7.93. The van der Waals surface area contributed by atoms with Gasteiger partial charge in [-0.1, -0.05) is 0 Å². The minimum atomic E-state index is -3.12. The lowest BCUT2D eigenvalue weighted by Gasteiger charge is -2.16. The minimum absolute atomic E-state index is 0. The number of aliphatic hydroxyl groups is 1. The van der Waals surface area contributed by atoms with Crippen LogP contribution >= 0.6 is 12.4 Å². The van der Waals surface area contributed by atoms with Crippen molar-refractivity contribution in [1.29, 1.82) is 0 Å². The van der Waals surface area contributed by atoms with Crippen LogP contribution in [0.3, 0.4) is 0 Å². The molecule has 0 fully saturated rings. The van der Waals surface area contributed by atoms with Crippen molar-refractivity contribution in [1.82, 2.24) is 0 Å². The Morgan fingerprint density at radius 1 is 1.67 bits per heavy atom. The van der Waals surface area contributed by atoms with Gasteiger partial charge < -0.3 is 10.8 Å². The first-order valence-corrected chi connectivity index (χ1v) is 2.25. The van der Waals surface area contributed by atoms with E-state index in [-0.39, 0.29) is 12.4 Å². The molecule has 0 unspecified atom stereocenters. The molecule has 0 rings (SSSR count). The lowest BCUT2D eigenvalue weighted by atomic mass is 10.2. The van der Waals surface area contributed by atoms with Gasteiger partial charge in [0.25, 0.3) is 5.92 Å². The molecule has 1 atom stereocenters. The van der Waals surface area contributed by atoms with Crippen molar-refractivity contribution in [2.45, 2.75) is 18.9 Å². The molecule has 0 amide bonds. The second kappa shape index (κ2) is 3.98. The highest BCUT2D eigenvalue weighted by atomic mass is 35.5. The molecule has 3 N–H and O–H groups in total. The average molecular weight is 162 g/mol. The quantitative estimate of drug-likeness (QED) is 0.615. The van der Waals surface area contributed by atoms with Crippen LogP contribution in [0.1, 0.15) is 6.92 Å². The van der Waals surface area contributed by atoms with Crippen LogP contribution in [0.4, 0.5) is 8.78 Å². The van der Waals surface area contributed by atoms with Crippen LogP contribution in [0.15, 0.2) is 0 Å². The van der Waals surface area contributed by atoms with Crippen LogP contribution < -0.4 is 5.73 Å². The molecule has 0 bridgehead atoms. The molecular formula is C4H10ClF2NO. The first-order valence-electron chi connectivity index (χ1n) is 2.25. The zero-order valence-electron chi connectivity index (χ0n) is 4.97. The predicted molar refractivity (Wildman–Crippen MR) is 32.9 cm³/mol. The summed E-state index contributed by atoms with van der Waals surface area (Å²) < 4.78 is 23.8. The Labute approximate surface area is 58.5 Å². The zero-order valence-corrected chi connectivity index (χ0v) is 5.79. The first kappa shape index (κ1) is 11.8. The second-order valence-electron chi connectivity index (χ2n) is 1.71. The van der Waals surface area contributed by atoms with Gasteiger partial charge in [0.15, 0.2) is 0 Å². The topological polar surface area (TPSA) is 46.2 Å².